The third kappa shape index (κ3) is 1.81. The number of fused-ring (bicyclic) bond motifs is 1. The number of carbonyl (C=O) groups excluding carboxylic acids is 1. The molecule has 0 fully saturated rings. The smallest absolute Gasteiger partial charge is 0.162 e. The van der Waals surface area contributed by atoms with Crippen LogP contribution in [-0.2, 0) is 0 Å². The van der Waals surface area contributed by atoms with Gasteiger partial charge in [-0.1, -0.05) is 11.6 Å². The van der Waals surface area contributed by atoms with Crippen LogP contribution in [0.3, 0.4) is 0 Å². The van der Waals surface area contributed by atoms with Crippen LogP contribution in [0.25, 0.3) is 10.9 Å². The summed E-state index contributed by atoms with van der Waals surface area (Å²) in [6.07, 6.45) is 0. The molecular formula is C13H12ClNO. The molecule has 0 amide bonds. The second-order valence-corrected chi connectivity index (χ2v) is 4.42. The van der Waals surface area contributed by atoms with Crippen molar-refractivity contribution in [3.8, 4) is 0 Å². The molecule has 0 aliphatic carbocycles. The normalized spacial score (nSPS) is 10.8. The standard InChI is InChI=1S/C13H12ClNO/c1-7-4-8(2)15-13-11(7)5-10(14)6-12(13)9(3)16/h4-6H,1-3H3. The Morgan fingerprint density at radius 1 is 1.25 bits per heavy atom. The van der Waals surface area contributed by atoms with E-state index >= 15 is 0 Å². The van der Waals surface area contributed by atoms with Crippen LogP contribution in [0, 0.1) is 13.8 Å². The molecule has 0 aliphatic heterocycles. The highest BCUT2D eigenvalue weighted by atomic mass is 35.5. The van der Waals surface area contributed by atoms with Gasteiger partial charge in [-0.15, -0.1) is 0 Å². The van der Waals surface area contributed by atoms with Crippen molar-refractivity contribution >= 4 is 28.3 Å². The van der Waals surface area contributed by atoms with Gasteiger partial charge < -0.3 is 0 Å². The zero-order valence-corrected chi connectivity index (χ0v) is 10.2. The van der Waals surface area contributed by atoms with Gasteiger partial charge in [-0.25, -0.2) is 0 Å². The number of nitrogens with zero attached hydrogens (tertiary/aromatic N) is 1. The molecular weight excluding hydrogens is 222 g/mol. The Labute approximate surface area is 99.3 Å². The molecule has 0 aliphatic rings. The lowest BCUT2D eigenvalue weighted by Crippen LogP contribution is -1.98. The van der Waals surface area contributed by atoms with E-state index in [1.54, 1.807) is 6.07 Å². The Hall–Kier alpha value is -1.41. The zero-order valence-electron chi connectivity index (χ0n) is 9.47. The van der Waals surface area contributed by atoms with Crippen molar-refractivity contribution < 1.29 is 4.79 Å². The molecule has 2 nitrogen and oxygen atoms in total. The monoisotopic (exact) mass is 233 g/mol. The molecule has 1 aromatic heterocycles. The van der Waals surface area contributed by atoms with Crippen molar-refractivity contribution in [2.24, 2.45) is 0 Å². The van der Waals surface area contributed by atoms with Crippen LogP contribution in [0.5, 0.6) is 0 Å². The van der Waals surface area contributed by atoms with Crippen molar-refractivity contribution in [2.45, 2.75) is 20.8 Å². The summed E-state index contributed by atoms with van der Waals surface area (Å²) >= 11 is 6.00. The predicted octanol–water partition coefficient (Wildman–Crippen LogP) is 3.71. The summed E-state index contributed by atoms with van der Waals surface area (Å²) in [7, 11) is 0. The number of rotatable bonds is 1. The summed E-state index contributed by atoms with van der Waals surface area (Å²) in [5.41, 5.74) is 3.34. The number of hydrogen-bond donors (Lipinski definition) is 0. The van der Waals surface area contributed by atoms with E-state index in [2.05, 4.69) is 4.98 Å². The third-order valence-corrected chi connectivity index (χ3v) is 2.81. The summed E-state index contributed by atoms with van der Waals surface area (Å²) in [6.45, 7) is 5.45. The Balaban J connectivity index is 2.95. The van der Waals surface area contributed by atoms with E-state index < -0.39 is 0 Å². The van der Waals surface area contributed by atoms with Gasteiger partial charge in [0.25, 0.3) is 0 Å². The molecule has 3 heteroatoms. The Morgan fingerprint density at radius 3 is 2.56 bits per heavy atom. The SMILES string of the molecule is CC(=O)c1cc(Cl)cc2c(C)cc(C)nc12. The molecule has 0 bridgehead atoms. The van der Waals surface area contributed by atoms with Gasteiger partial charge in [0.1, 0.15) is 0 Å². The van der Waals surface area contributed by atoms with Crippen LogP contribution < -0.4 is 0 Å². The summed E-state index contributed by atoms with van der Waals surface area (Å²) in [5.74, 6) is -0.00926. The number of Topliss-reactive ketones (excluding diaryl/α,β-unsaturated/α-hetero) is 1. The van der Waals surface area contributed by atoms with E-state index in [-0.39, 0.29) is 5.78 Å². The van der Waals surface area contributed by atoms with E-state index in [1.165, 1.54) is 6.92 Å². The molecule has 2 aromatic rings. The third-order valence-electron chi connectivity index (χ3n) is 2.59. The number of carbonyl (C=O) groups is 1. The molecule has 0 saturated carbocycles. The summed E-state index contributed by atoms with van der Waals surface area (Å²) in [4.78, 5) is 16.0. The molecule has 0 spiro atoms. The molecule has 0 radical (unpaired) electrons. The first-order chi connectivity index (χ1) is 7.49. The van der Waals surface area contributed by atoms with Gasteiger partial charge >= 0.3 is 0 Å². The summed E-state index contributed by atoms with van der Waals surface area (Å²) in [6, 6.07) is 5.52. The van der Waals surface area contributed by atoms with Crippen LogP contribution in [-0.4, -0.2) is 10.8 Å². The van der Waals surface area contributed by atoms with Gasteiger partial charge in [0.15, 0.2) is 5.78 Å². The fourth-order valence-electron chi connectivity index (χ4n) is 1.89. The average Bonchev–Trinajstić information content (AvgIpc) is 2.18. The molecule has 82 valence electrons. The number of aryl methyl sites for hydroxylation is 2. The minimum Gasteiger partial charge on any atom is -0.294 e. The number of pyridine rings is 1. The lowest BCUT2D eigenvalue weighted by Gasteiger charge is -2.07. The van der Waals surface area contributed by atoms with Gasteiger partial charge in [-0.05, 0) is 44.5 Å². The first-order valence-electron chi connectivity index (χ1n) is 5.07. The van der Waals surface area contributed by atoms with E-state index in [9.17, 15) is 4.79 Å². The highest BCUT2D eigenvalue weighted by molar-refractivity contribution is 6.32. The highest BCUT2D eigenvalue weighted by Crippen LogP contribution is 2.26. The lowest BCUT2D eigenvalue weighted by atomic mass is 10.0. The summed E-state index contributed by atoms with van der Waals surface area (Å²) in [5, 5.41) is 1.52. The number of aromatic nitrogens is 1. The van der Waals surface area contributed by atoms with E-state index in [4.69, 9.17) is 11.6 Å². The Kier molecular flexibility index (Phi) is 2.68. The quantitative estimate of drug-likeness (QED) is 0.703. The van der Waals surface area contributed by atoms with Crippen LogP contribution in [0.2, 0.25) is 5.02 Å². The second-order valence-electron chi connectivity index (χ2n) is 3.99. The van der Waals surface area contributed by atoms with E-state index in [0.717, 1.165) is 22.2 Å². The van der Waals surface area contributed by atoms with Crippen molar-refractivity contribution in [1.29, 1.82) is 0 Å². The van der Waals surface area contributed by atoms with Gasteiger partial charge in [0.2, 0.25) is 0 Å². The van der Waals surface area contributed by atoms with Crippen molar-refractivity contribution in [3.63, 3.8) is 0 Å². The van der Waals surface area contributed by atoms with Crippen LogP contribution in [0.4, 0.5) is 0 Å². The first-order valence-corrected chi connectivity index (χ1v) is 5.45. The number of ketones is 1. The molecule has 1 heterocycles. The first kappa shape index (κ1) is 11.1. The van der Waals surface area contributed by atoms with Gasteiger partial charge in [-0.2, -0.15) is 0 Å². The molecule has 16 heavy (non-hydrogen) atoms. The average molecular weight is 234 g/mol. The highest BCUT2D eigenvalue weighted by Gasteiger charge is 2.10. The minimum atomic E-state index is -0.00926. The molecule has 2 rings (SSSR count). The molecule has 0 unspecified atom stereocenters. The van der Waals surface area contributed by atoms with E-state index in [1.807, 2.05) is 26.0 Å². The molecule has 1 aromatic carbocycles. The maximum absolute atomic E-state index is 11.5. The van der Waals surface area contributed by atoms with Crippen molar-refractivity contribution in [3.05, 3.63) is 40.0 Å². The Morgan fingerprint density at radius 2 is 1.94 bits per heavy atom. The molecule has 0 N–H and O–H groups in total. The van der Waals surface area contributed by atoms with Gasteiger partial charge in [-0.3, -0.25) is 9.78 Å². The topological polar surface area (TPSA) is 30.0 Å². The maximum Gasteiger partial charge on any atom is 0.162 e. The second kappa shape index (κ2) is 3.87. The van der Waals surface area contributed by atoms with Gasteiger partial charge in [0.05, 0.1) is 5.52 Å². The van der Waals surface area contributed by atoms with Crippen molar-refractivity contribution in [2.75, 3.05) is 0 Å². The van der Waals surface area contributed by atoms with Crippen LogP contribution in [0.15, 0.2) is 18.2 Å². The van der Waals surface area contributed by atoms with Crippen LogP contribution >= 0.6 is 11.6 Å². The number of benzene rings is 1. The minimum absolute atomic E-state index is 0.00926. The fraction of sp³-hybridized carbons (Fsp3) is 0.231. The molecule has 0 atom stereocenters. The van der Waals surface area contributed by atoms with Gasteiger partial charge in [0, 0.05) is 21.7 Å². The molecule has 0 saturated heterocycles. The predicted molar refractivity (Wildman–Crippen MR) is 66.2 cm³/mol. The largest absolute Gasteiger partial charge is 0.294 e. The maximum atomic E-state index is 11.5. The lowest BCUT2D eigenvalue weighted by molar-refractivity contribution is 0.101. The Bertz CT molecular complexity index is 590. The fourth-order valence-corrected chi connectivity index (χ4v) is 2.11. The number of halogens is 1. The van der Waals surface area contributed by atoms with Crippen LogP contribution in [0.1, 0.15) is 28.5 Å². The van der Waals surface area contributed by atoms with E-state index in [0.29, 0.717) is 10.6 Å². The van der Waals surface area contributed by atoms with Crippen molar-refractivity contribution in [1.82, 2.24) is 4.98 Å². The number of hydrogen-bond acceptors (Lipinski definition) is 2. The summed E-state index contributed by atoms with van der Waals surface area (Å²) < 4.78 is 0. The zero-order chi connectivity index (χ0) is 11.9.